The van der Waals surface area contributed by atoms with Crippen molar-refractivity contribution in [2.75, 3.05) is 20.6 Å². The molecule has 0 unspecified atom stereocenters. The minimum absolute atomic E-state index is 0. The Morgan fingerprint density at radius 3 is 1.94 bits per heavy atom. The molecule has 0 heterocycles. The predicted octanol–water partition coefficient (Wildman–Crippen LogP) is 0.913. The summed E-state index contributed by atoms with van der Waals surface area (Å²) in [6.45, 7) is 5.52. The Labute approximate surface area is 99.0 Å². The van der Waals surface area contributed by atoms with Crippen molar-refractivity contribution in [2.45, 2.75) is 20.3 Å². The Morgan fingerprint density at radius 2 is 1.56 bits per heavy atom. The maximum atomic E-state index is 7.00. The van der Waals surface area contributed by atoms with Crippen molar-refractivity contribution >= 4 is 7.69 Å². The van der Waals surface area contributed by atoms with E-state index in [1.165, 1.54) is 16.7 Å². The predicted molar refractivity (Wildman–Crippen MR) is 68.4 cm³/mol. The van der Waals surface area contributed by atoms with Crippen molar-refractivity contribution in [3.63, 3.8) is 0 Å². The monoisotopic (exact) mass is 222 g/mol. The molecular weight excluding hydrogens is 201 g/mol. The summed E-state index contributed by atoms with van der Waals surface area (Å²) >= 11 is 0. The fraction of sp³-hybridized carbons (Fsp3) is 0.500. The van der Waals surface area contributed by atoms with Gasteiger partial charge in [-0.05, 0) is 51.1 Å². The molecule has 0 fully saturated rings. The lowest BCUT2D eigenvalue weighted by atomic mass is 10.0. The molecule has 1 aromatic carbocycles. The van der Waals surface area contributed by atoms with E-state index in [1.807, 2.05) is 0 Å². The maximum absolute atomic E-state index is 7.00. The zero-order chi connectivity index (χ0) is 12.6. The van der Waals surface area contributed by atoms with Crippen LogP contribution in [-0.2, 0) is 6.42 Å². The van der Waals surface area contributed by atoms with Crippen LogP contribution in [-0.4, -0.2) is 43.3 Å². The molecule has 4 heteroatoms. The van der Waals surface area contributed by atoms with Crippen LogP contribution in [0.4, 0.5) is 0 Å². The number of hydrogen-bond donors (Lipinski definition) is 2. The second-order valence-electron chi connectivity index (χ2n) is 4.04. The summed E-state index contributed by atoms with van der Waals surface area (Å²) in [5.74, 6) is 0. The Morgan fingerprint density at radius 1 is 1.12 bits per heavy atom. The van der Waals surface area contributed by atoms with Crippen LogP contribution in [0.3, 0.4) is 0 Å². The van der Waals surface area contributed by atoms with Crippen LogP contribution >= 0.6 is 0 Å². The van der Waals surface area contributed by atoms with Gasteiger partial charge in [-0.15, -0.1) is 0 Å². The molecule has 0 saturated heterocycles. The van der Waals surface area contributed by atoms with Crippen LogP contribution in [0.1, 0.15) is 16.7 Å². The molecule has 89 valence electrons. The van der Waals surface area contributed by atoms with Crippen molar-refractivity contribution in [1.29, 1.82) is 0 Å². The van der Waals surface area contributed by atoms with E-state index in [0.29, 0.717) is 0 Å². The van der Waals surface area contributed by atoms with Crippen molar-refractivity contribution in [2.24, 2.45) is 0 Å². The zero-order valence-corrected chi connectivity index (χ0v) is 10.6. The van der Waals surface area contributed by atoms with Crippen molar-refractivity contribution < 1.29 is 10.0 Å². The highest BCUT2D eigenvalue weighted by atomic mass is 16.4. The first kappa shape index (κ1) is 15.2. The van der Waals surface area contributed by atoms with Gasteiger partial charge in [0.1, 0.15) is 0 Å². The normalized spacial score (nSPS) is 9.69. The Balaban J connectivity index is 0.000000673. The van der Waals surface area contributed by atoms with Crippen molar-refractivity contribution in [1.82, 2.24) is 4.90 Å². The largest absolute Gasteiger partial charge is 0.482 e. The SMILES string of the molecule is Cc1cccc(C)c1CCN(C)C.O[B]O. The second kappa shape index (κ2) is 8.33. The molecule has 0 aliphatic heterocycles. The van der Waals surface area contributed by atoms with E-state index in [9.17, 15) is 0 Å². The van der Waals surface area contributed by atoms with Crippen LogP contribution < -0.4 is 0 Å². The average Bonchev–Trinajstić information content (AvgIpc) is 2.17. The Hall–Kier alpha value is -0.835. The summed E-state index contributed by atoms with van der Waals surface area (Å²) in [6, 6.07) is 6.51. The van der Waals surface area contributed by atoms with Gasteiger partial charge in [-0.25, -0.2) is 0 Å². The molecule has 0 aromatic heterocycles. The third-order valence-corrected chi connectivity index (χ3v) is 2.45. The lowest BCUT2D eigenvalue weighted by Gasteiger charge is -2.13. The lowest BCUT2D eigenvalue weighted by Crippen LogP contribution is -2.16. The summed E-state index contributed by atoms with van der Waals surface area (Å²) in [5.41, 5.74) is 4.35. The van der Waals surface area contributed by atoms with Gasteiger partial charge >= 0.3 is 7.69 Å². The number of hydrogen-bond acceptors (Lipinski definition) is 3. The first-order chi connectivity index (χ1) is 7.52. The highest BCUT2D eigenvalue weighted by molar-refractivity contribution is 6.13. The molecule has 0 aliphatic carbocycles. The number of rotatable bonds is 3. The maximum Gasteiger partial charge on any atom is 0.482 e. The topological polar surface area (TPSA) is 43.7 Å². The quantitative estimate of drug-likeness (QED) is 0.747. The average molecular weight is 222 g/mol. The third-order valence-electron chi connectivity index (χ3n) is 2.45. The highest BCUT2D eigenvalue weighted by Gasteiger charge is 2.01. The Bertz CT molecular complexity index is 283. The Kier molecular flexibility index (Phi) is 7.90. The number of likely N-dealkylation sites (N-methyl/N-ethyl adjacent to an activating group) is 1. The van der Waals surface area contributed by atoms with Gasteiger partial charge in [0, 0.05) is 6.54 Å². The van der Waals surface area contributed by atoms with Gasteiger partial charge in [0.2, 0.25) is 0 Å². The highest BCUT2D eigenvalue weighted by Crippen LogP contribution is 2.13. The van der Waals surface area contributed by atoms with E-state index < -0.39 is 0 Å². The third kappa shape index (κ3) is 5.90. The van der Waals surface area contributed by atoms with Gasteiger partial charge in [0.05, 0.1) is 0 Å². The summed E-state index contributed by atoms with van der Waals surface area (Å²) < 4.78 is 0. The first-order valence-corrected chi connectivity index (χ1v) is 5.32. The zero-order valence-electron chi connectivity index (χ0n) is 10.6. The van der Waals surface area contributed by atoms with E-state index in [4.69, 9.17) is 10.0 Å². The molecule has 0 saturated carbocycles. The molecule has 1 rings (SSSR count). The van der Waals surface area contributed by atoms with Crippen LogP contribution in [0.25, 0.3) is 0 Å². The number of nitrogens with zero attached hydrogens (tertiary/aromatic N) is 1. The molecule has 0 amide bonds. The molecule has 0 spiro atoms. The van der Waals surface area contributed by atoms with Crippen molar-refractivity contribution in [3.8, 4) is 0 Å². The van der Waals surface area contributed by atoms with Gasteiger partial charge < -0.3 is 14.9 Å². The van der Waals surface area contributed by atoms with Crippen LogP contribution in [0.15, 0.2) is 18.2 Å². The van der Waals surface area contributed by atoms with Gasteiger partial charge in [-0.2, -0.15) is 0 Å². The molecule has 2 N–H and O–H groups in total. The van der Waals surface area contributed by atoms with Gasteiger partial charge in [-0.1, -0.05) is 18.2 Å². The molecule has 1 radical (unpaired) electrons. The minimum atomic E-state index is 0. The van der Waals surface area contributed by atoms with E-state index >= 15 is 0 Å². The minimum Gasteiger partial charge on any atom is -0.429 e. The summed E-state index contributed by atoms with van der Waals surface area (Å²) in [6.07, 6.45) is 1.16. The van der Waals surface area contributed by atoms with Gasteiger partial charge in [-0.3, -0.25) is 0 Å². The molecule has 0 atom stereocenters. The molecular formula is C12H21BNO2. The summed E-state index contributed by atoms with van der Waals surface area (Å²) in [5, 5.41) is 14.0. The molecule has 0 aliphatic rings. The molecule has 16 heavy (non-hydrogen) atoms. The van der Waals surface area contributed by atoms with Gasteiger partial charge in [0.25, 0.3) is 0 Å². The standard InChI is InChI=1S/C12H19N.BH2O2/c1-10-6-5-7-11(2)12(10)8-9-13(3)4;2-1-3/h5-7H,8-9H2,1-4H3;2-3H. The van der Waals surface area contributed by atoms with E-state index in [0.717, 1.165) is 13.0 Å². The van der Waals surface area contributed by atoms with E-state index in [2.05, 4.69) is 51.0 Å². The smallest absolute Gasteiger partial charge is 0.429 e. The first-order valence-electron chi connectivity index (χ1n) is 5.32. The fourth-order valence-electron chi connectivity index (χ4n) is 1.58. The van der Waals surface area contributed by atoms with Crippen molar-refractivity contribution in [3.05, 3.63) is 34.9 Å². The van der Waals surface area contributed by atoms with Crippen LogP contribution in [0.5, 0.6) is 0 Å². The molecule has 3 nitrogen and oxygen atoms in total. The second-order valence-corrected chi connectivity index (χ2v) is 4.04. The summed E-state index contributed by atoms with van der Waals surface area (Å²) in [4.78, 5) is 2.23. The molecule has 1 aromatic rings. The molecule has 0 bridgehead atoms. The van der Waals surface area contributed by atoms with Crippen LogP contribution in [0, 0.1) is 13.8 Å². The number of benzene rings is 1. The van der Waals surface area contributed by atoms with Crippen LogP contribution in [0.2, 0.25) is 0 Å². The lowest BCUT2D eigenvalue weighted by molar-refractivity contribution is 0.413. The van der Waals surface area contributed by atoms with Gasteiger partial charge in [0.15, 0.2) is 0 Å². The van der Waals surface area contributed by atoms with E-state index in [1.54, 1.807) is 0 Å². The van der Waals surface area contributed by atoms with E-state index in [-0.39, 0.29) is 7.69 Å². The fourth-order valence-corrected chi connectivity index (χ4v) is 1.58. The number of aryl methyl sites for hydroxylation is 2. The summed E-state index contributed by atoms with van der Waals surface area (Å²) in [7, 11) is 4.24.